The fraction of sp³-hybridized carbons (Fsp3) is 0.273. The van der Waals surface area contributed by atoms with Crippen LogP contribution in [0.3, 0.4) is 0 Å². The van der Waals surface area contributed by atoms with Crippen molar-refractivity contribution in [3.8, 4) is 0 Å². The minimum atomic E-state index is -1.00. The zero-order chi connectivity index (χ0) is 10.9. The molecule has 0 aliphatic rings. The van der Waals surface area contributed by atoms with E-state index in [-0.39, 0.29) is 0 Å². The Kier molecular flexibility index (Phi) is 2.54. The minimum absolute atomic E-state index is 0.718. The van der Waals surface area contributed by atoms with E-state index in [0.717, 1.165) is 16.0 Å². The third kappa shape index (κ3) is 1.78. The molecule has 1 N–H and O–H groups in total. The lowest BCUT2D eigenvalue weighted by Gasteiger charge is -2.22. The maximum atomic E-state index is 10.5. The predicted molar refractivity (Wildman–Crippen MR) is 59.8 cm³/mol. The molecule has 0 saturated carbocycles. The molecule has 0 aliphatic carbocycles. The maximum absolute atomic E-state index is 10.5. The summed E-state index contributed by atoms with van der Waals surface area (Å²) in [4.78, 5) is 8.79. The van der Waals surface area contributed by atoms with Crippen molar-refractivity contribution < 1.29 is 5.11 Å². The number of rotatable bonds is 2. The molecule has 0 spiro atoms. The molecule has 1 unspecified atom stereocenters. The predicted octanol–water partition coefficient (Wildman–Crippen LogP) is 2.10. The molecule has 0 fully saturated rings. The van der Waals surface area contributed by atoms with E-state index in [1.807, 2.05) is 18.4 Å². The van der Waals surface area contributed by atoms with E-state index in [4.69, 9.17) is 0 Å². The standard InChI is InChI=1S/C11H12N2OS/c1-8-3-4-15-10(8)11(2,14)9-5-12-7-13-6-9/h3-7,14H,1-2H3. The number of hydrogen-bond donors (Lipinski definition) is 1. The summed E-state index contributed by atoms with van der Waals surface area (Å²) < 4.78 is 0. The van der Waals surface area contributed by atoms with Crippen LogP contribution in [-0.2, 0) is 5.60 Å². The molecule has 3 nitrogen and oxygen atoms in total. The van der Waals surface area contributed by atoms with Gasteiger partial charge in [0.25, 0.3) is 0 Å². The van der Waals surface area contributed by atoms with Gasteiger partial charge in [0.1, 0.15) is 11.9 Å². The van der Waals surface area contributed by atoms with Crippen LogP contribution in [0, 0.1) is 6.92 Å². The van der Waals surface area contributed by atoms with Gasteiger partial charge in [0.2, 0.25) is 0 Å². The van der Waals surface area contributed by atoms with E-state index in [2.05, 4.69) is 9.97 Å². The van der Waals surface area contributed by atoms with Crippen molar-refractivity contribution in [2.75, 3.05) is 0 Å². The Labute approximate surface area is 92.5 Å². The maximum Gasteiger partial charge on any atom is 0.124 e. The normalized spacial score (nSPS) is 14.9. The topological polar surface area (TPSA) is 46.0 Å². The van der Waals surface area contributed by atoms with E-state index in [9.17, 15) is 5.11 Å². The van der Waals surface area contributed by atoms with Gasteiger partial charge in [-0.1, -0.05) is 0 Å². The molecular formula is C11H12N2OS. The lowest BCUT2D eigenvalue weighted by molar-refractivity contribution is 0.105. The molecule has 0 aromatic carbocycles. The number of aliphatic hydroxyl groups is 1. The van der Waals surface area contributed by atoms with Crippen LogP contribution in [-0.4, -0.2) is 15.1 Å². The molecule has 0 amide bonds. The van der Waals surface area contributed by atoms with Gasteiger partial charge in [0, 0.05) is 22.8 Å². The molecular weight excluding hydrogens is 208 g/mol. The minimum Gasteiger partial charge on any atom is -0.380 e. The van der Waals surface area contributed by atoms with Crippen molar-refractivity contribution >= 4 is 11.3 Å². The van der Waals surface area contributed by atoms with E-state index in [1.54, 1.807) is 30.7 Å². The van der Waals surface area contributed by atoms with Gasteiger partial charge in [-0.2, -0.15) is 0 Å². The summed E-state index contributed by atoms with van der Waals surface area (Å²) >= 11 is 1.55. The van der Waals surface area contributed by atoms with Gasteiger partial charge >= 0.3 is 0 Å². The molecule has 0 saturated heterocycles. The number of aromatic nitrogens is 2. The van der Waals surface area contributed by atoms with Gasteiger partial charge in [-0.05, 0) is 30.9 Å². The highest BCUT2D eigenvalue weighted by molar-refractivity contribution is 7.10. The first-order valence-electron chi connectivity index (χ1n) is 4.65. The lowest BCUT2D eigenvalue weighted by Crippen LogP contribution is -2.22. The summed E-state index contributed by atoms with van der Waals surface area (Å²) in [5.74, 6) is 0. The van der Waals surface area contributed by atoms with Crippen molar-refractivity contribution in [3.05, 3.63) is 46.2 Å². The summed E-state index contributed by atoms with van der Waals surface area (Å²) in [6.45, 7) is 3.76. The van der Waals surface area contributed by atoms with E-state index < -0.39 is 5.60 Å². The van der Waals surface area contributed by atoms with Crippen molar-refractivity contribution in [2.45, 2.75) is 19.4 Å². The van der Waals surface area contributed by atoms with Gasteiger partial charge in [0.05, 0.1) is 0 Å². The van der Waals surface area contributed by atoms with Crippen LogP contribution < -0.4 is 0 Å². The zero-order valence-corrected chi connectivity index (χ0v) is 9.45. The Balaban J connectivity index is 2.48. The Hall–Kier alpha value is -1.26. The second-order valence-corrected chi connectivity index (χ2v) is 4.55. The Morgan fingerprint density at radius 3 is 2.53 bits per heavy atom. The molecule has 0 bridgehead atoms. The zero-order valence-electron chi connectivity index (χ0n) is 8.64. The molecule has 2 aromatic rings. The lowest BCUT2D eigenvalue weighted by atomic mass is 9.95. The average molecular weight is 220 g/mol. The second-order valence-electron chi connectivity index (χ2n) is 3.63. The quantitative estimate of drug-likeness (QED) is 0.843. The van der Waals surface area contributed by atoms with Crippen molar-refractivity contribution in [1.29, 1.82) is 0 Å². The molecule has 2 rings (SSSR count). The molecule has 1 atom stereocenters. The highest BCUT2D eigenvalue weighted by Crippen LogP contribution is 2.33. The van der Waals surface area contributed by atoms with Gasteiger partial charge < -0.3 is 5.11 Å². The first kappa shape index (κ1) is 10.3. The fourth-order valence-corrected chi connectivity index (χ4v) is 2.56. The van der Waals surface area contributed by atoms with Crippen LogP contribution in [0.4, 0.5) is 0 Å². The Bertz CT molecular complexity index is 451. The highest BCUT2D eigenvalue weighted by atomic mass is 32.1. The summed E-state index contributed by atoms with van der Waals surface area (Å²) in [7, 11) is 0. The molecule has 78 valence electrons. The van der Waals surface area contributed by atoms with Crippen LogP contribution in [0.15, 0.2) is 30.2 Å². The van der Waals surface area contributed by atoms with Gasteiger partial charge in [-0.3, -0.25) is 0 Å². The highest BCUT2D eigenvalue weighted by Gasteiger charge is 2.28. The fourth-order valence-electron chi connectivity index (χ4n) is 1.55. The van der Waals surface area contributed by atoms with Crippen molar-refractivity contribution in [3.63, 3.8) is 0 Å². The van der Waals surface area contributed by atoms with Crippen molar-refractivity contribution in [1.82, 2.24) is 9.97 Å². The second kappa shape index (κ2) is 3.72. The van der Waals surface area contributed by atoms with Gasteiger partial charge in [-0.25, -0.2) is 9.97 Å². The summed E-state index contributed by atoms with van der Waals surface area (Å²) in [5.41, 5.74) is 0.809. The number of aryl methyl sites for hydroxylation is 1. The summed E-state index contributed by atoms with van der Waals surface area (Å²) in [6, 6.07) is 2.00. The SMILES string of the molecule is Cc1ccsc1C(C)(O)c1cncnc1. The monoisotopic (exact) mass is 220 g/mol. The largest absolute Gasteiger partial charge is 0.380 e. The first-order valence-corrected chi connectivity index (χ1v) is 5.53. The number of thiophene rings is 1. The van der Waals surface area contributed by atoms with Crippen LogP contribution >= 0.6 is 11.3 Å². The van der Waals surface area contributed by atoms with Crippen molar-refractivity contribution in [2.24, 2.45) is 0 Å². The van der Waals surface area contributed by atoms with E-state index >= 15 is 0 Å². The Morgan fingerprint density at radius 2 is 2.00 bits per heavy atom. The molecule has 0 radical (unpaired) electrons. The molecule has 2 heterocycles. The van der Waals surface area contributed by atoms with E-state index in [0.29, 0.717) is 0 Å². The van der Waals surface area contributed by atoms with Gasteiger partial charge in [0.15, 0.2) is 0 Å². The summed E-state index contributed by atoms with van der Waals surface area (Å²) in [5, 5.41) is 12.4. The third-order valence-corrected chi connectivity index (χ3v) is 3.65. The summed E-state index contributed by atoms with van der Waals surface area (Å²) in [6.07, 6.45) is 4.75. The van der Waals surface area contributed by atoms with Crippen LogP contribution in [0.5, 0.6) is 0 Å². The third-order valence-electron chi connectivity index (χ3n) is 2.43. The number of nitrogens with zero attached hydrogens (tertiary/aromatic N) is 2. The first-order chi connectivity index (χ1) is 7.12. The number of hydrogen-bond acceptors (Lipinski definition) is 4. The van der Waals surface area contributed by atoms with Crippen LogP contribution in [0.2, 0.25) is 0 Å². The molecule has 4 heteroatoms. The Morgan fingerprint density at radius 1 is 1.33 bits per heavy atom. The smallest absolute Gasteiger partial charge is 0.124 e. The van der Waals surface area contributed by atoms with Crippen LogP contribution in [0.1, 0.15) is 22.9 Å². The molecule has 15 heavy (non-hydrogen) atoms. The van der Waals surface area contributed by atoms with Crippen LogP contribution in [0.25, 0.3) is 0 Å². The molecule has 0 aliphatic heterocycles. The average Bonchev–Trinajstić information content (AvgIpc) is 2.66. The van der Waals surface area contributed by atoms with E-state index in [1.165, 1.54) is 6.33 Å². The van der Waals surface area contributed by atoms with Gasteiger partial charge in [-0.15, -0.1) is 11.3 Å². The molecule has 2 aromatic heterocycles.